The molecule has 1 N–H and O–H groups in total. The third-order valence-electron chi connectivity index (χ3n) is 4.44. The third-order valence-corrected chi connectivity index (χ3v) is 4.44. The van der Waals surface area contributed by atoms with Gasteiger partial charge in [0.15, 0.2) is 11.5 Å². The van der Waals surface area contributed by atoms with Crippen molar-refractivity contribution in [3.63, 3.8) is 0 Å². The summed E-state index contributed by atoms with van der Waals surface area (Å²) in [4.78, 5) is 2.37. The molecule has 1 fully saturated rings. The lowest BCUT2D eigenvalue weighted by atomic mass is 10.1. The highest BCUT2D eigenvalue weighted by atomic mass is 16.7. The van der Waals surface area contributed by atoms with Crippen LogP contribution in [0.3, 0.4) is 0 Å². The molecule has 0 aliphatic carbocycles. The molecule has 5 heteroatoms. The summed E-state index contributed by atoms with van der Waals surface area (Å²) < 4.78 is 16.3. The van der Waals surface area contributed by atoms with Crippen molar-refractivity contribution >= 4 is 5.69 Å². The van der Waals surface area contributed by atoms with Crippen molar-refractivity contribution in [2.24, 2.45) is 0 Å². The van der Waals surface area contributed by atoms with Crippen LogP contribution in [0.4, 0.5) is 5.69 Å². The first-order chi connectivity index (χ1) is 11.9. The number of rotatable bonds is 5. The second kappa shape index (κ2) is 7.11. The molecule has 24 heavy (non-hydrogen) atoms. The summed E-state index contributed by atoms with van der Waals surface area (Å²) in [6.07, 6.45) is 0. The van der Waals surface area contributed by atoms with Crippen LogP contribution in [0.2, 0.25) is 0 Å². The van der Waals surface area contributed by atoms with Crippen LogP contribution in [0.15, 0.2) is 42.5 Å². The Morgan fingerprint density at radius 2 is 1.75 bits per heavy atom. The van der Waals surface area contributed by atoms with Crippen LogP contribution in [-0.4, -0.2) is 33.1 Å². The van der Waals surface area contributed by atoms with E-state index in [-0.39, 0.29) is 0 Å². The van der Waals surface area contributed by atoms with Gasteiger partial charge in [0.25, 0.3) is 0 Å². The summed E-state index contributed by atoms with van der Waals surface area (Å²) in [7, 11) is 0. The van der Waals surface area contributed by atoms with Crippen molar-refractivity contribution in [3.05, 3.63) is 53.6 Å². The minimum atomic E-state index is 0.315. The molecule has 1 saturated heterocycles. The molecule has 5 nitrogen and oxygen atoms in total. The van der Waals surface area contributed by atoms with Crippen LogP contribution < -0.4 is 19.7 Å². The average molecular weight is 326 g/mol. The lowest BCUT2D eigenvalue weighted by molar-refractivity contribution is 0.122. The number of fused-ring (bicyclic) bond motifs is 1. The smallest absolute Gasteiger partial charge is 0.231 e. The molecule has 0 bridgehead atoms. The molecule has 0 radical (unpaired) electrons. The molecular formula is C19H22N2O3. The van der Waals surface area contributed by atoms with Crippen molar-refractivity contribution in [2.75, 3.05) is 38.0 Å². The van der Waals surface area contributed by atoms with Gasteiger partial charge >= 0.3 is 0 Å². The van der Waals surface area contributed by atoms with Crippen molar-refractivity contribution in [1.82, 2.24) is 5.32 Å². The summed E-state index contributed by atoms with van der Waals surface area (Å²) in [5, 5.41) is 3.48. The number of anilines is 1. The molecule has 0 unspecified atom stereocenters. The zero-order valence-electron chi connectivity index (χ0n) is 13.7. The fraction of sp³-hybridized carbons (Fsp3) is 0.368. The molecule has 4 rings (SSSR count). The quantitative estimate of drug-likeness (QED) is 0.915. The highest BCUT2D eigenvalue weighted by molar-refractivity contribution is 5.49. The third kappa shape index (κ3) is 3.32. The van der Waals surface area contributed by atoms with E-state index in [1.807, 2.05) is 12.1 Å². The minimum absolute atomic E-state index is 0.315. The van der Waals surface area contributed by atoms with Gasteiger partial charge in [-0.1, -0.05) is 24.3 Å². The predicted molar refractivity (Wildman–Crippen MR) is 92.6 cm³/mol. The van der Waals surface area contributed by atoms with Crippen LogP contribution >= 0.6 is 0 Å². The predicted octanol–water partition coefficient (Wildman–Crippen LogP) is 2.54. The first kappa shape index (κ1) is 15.3. The standard InChI is InChI=1S/C19H22N2O3/c1-2-16(19-18(3-1)23-14-24-19)13-20-12-15-4-6-17(7-5-15)21-8-10-22-11-9-21/h1-7,20H,8-14H2. The summed E-state index contributed by atoms with van der Waals surface area (Å²) >= 11 is 0. The van der Waals surface area contributed by atoms with E-state index in [9.17, 15) is 0 Å². The Labute approximate surface area is 142 Å². The number of benzene rings is 2. The number of ether oxygens (including phenoxy) is 3. The highest BCUT2D eigenvalue weighted by Crippen LogP contribution is 2.35. The Bertz CT molecular complexity index is 682. The Hall–Kier alpha value is -2.24. The van der Waals surface area contributed by atoms with Crippen LogP contribution in [0, 0.1) is 0 Å². The molecule has 2 aliphatic heterocycles. The van der Waals surface area contributed by atoms with E-state index < -0.39 is 0 Å². The first-order valence-electron chi connectivity index (χ1n) is 8.40. The van der Waals surface area contributed by atoms with E-state index in [0.29, 0.717) is 6.79 Å². The lowest BCUT2D eigenvalue weighted by Gasteiger charge is -2.28. The molecule has 0 spiro atoms. The van der Waals surface area contributed by atoms with Gasteiger partial charge in [0.1, 0.15) is 0 Å². The van der Waals surface area contributed by atoms with Crippen LogP contribution in [-0.2, 0) is 17.8 Å². The van der Waals surface area contributed by atoms with Gasteiger partial charge in [0.2, 0.25) is 6.79 Å². The monoisotopic (exact) mass is 326 g/mol. The number of hydrogen-bond acceptors (Lipinski definition) is 5. The first-order valence-corrected chi connectivity index (χ1v) is 8.40. The number of morpholine rings is 1. The Morgan fingerprint density at radius 3 is 2.58 bits per heavy atom. The van der Waals surface area contributed by atoms with E-state index in [1.54, 1.807) is 0 Å². The number of hydrogen-bond donors (Lipinski definition) is 1. The molecule has 2 aromatic rings. The SMILES string of the molecule is c1cc(CNCc2ccc(N3CCOCC3)cc2)c2c(c1)OCO2. The van der Waals surface area contributed by atoms with E-state index >= 15 is 0 Å². The van der Waals surface area contributed by atoms with Gasteiger partial charge in [-0.2, -0.15) is 0 Å². The number of nitrogens with zero attached hydrogens (tertiary/aromatic N) is 1. The number of para-hydroxylation sites is 1. The maximum absolute atomic E-state index is 5.54. The highest BCUT2D eigenvalue weighted by Gasteiger charge is 2.16. The second-order valence-corrected chi connectivity index (χ2v) is 6.02. The number of nitrogens with one attached hydrogen (secondary N) is 1. The fourth-order valence-corrected chi connectivity index (χ4v) is 3.12. The Kier molecular flexibility index (Phi) is 4.53. The summed E-state index contributed by atoms with van der Waals surface area (Å²) in [5.41, 5.74) is 3.68. The maximum atomic E-state index is 5.54. The van der Waals surface area contributed by atoms with Crippen LogP contribution in [0.25, 0.3) is 0 Å². The van der Waals surface area contributed by atoms with Gasteiger partial charge in [0.05, 0.1) is 13.2 Å². The summed E-state index contributed by atoms with van der Waals surface area (Å²) in [6.45, 7) is 5.48. The van der Waals surface area contributed by atoms with Gasteiger partial charge in [0, 0.05) is 37.4 Å². The maximum Gasteiger partial charge on any atom is 0.231 e. The van der Waals surface area contributed by atoms with Gasteiger partial charge in [-0.25, -0.2) is 0 Å². The summed E-state index contributed by atoms with van der Waals surface area (Å²) in [6, 6.07) is 14.8. The topological polar surface area (TPSA) is 43.0 Å². The normalized spacial score (nSPS) is 16.4. The minimum Gasteiger partial charge on any atom is -0.454 e. The van der Waals surface area contributed by atoms with Crippen molar-refractivity contribution < 1.29 is 14.2 Å². The zero-order chi connectivity index (χ0) is 16.2. The molecule has 126 valence electrons. The van der Waals surface area contributed by atoms with Gasteiger partial charge in [-0.05, 0) is 23.8 Å². The Balaban J connectivity index is 1.32. The van der Waals surface area contributed by atoms with Gasteiger partial charge in [-0.3, -0.25) is 0 Å². The van der Waals surface area contributed by atoms with Crippen molar-refractivity contribution in [2.45, 2.75) is 13.1 Å². The second-order valence-electron chi connectivity index (χ2n) is 6.02. The van der Waals surface area contributed by atoms with Crippen molar-refractivity contribution in [3.8, 4) is 11.5 Å². The molecule has 2 aliphatic rings. The van der Waals surface area contributed by atoms with Gasteiger partial charge < -0.3 is 24.4 Å². The zero-order valence-corrected chi connectivity index (χ0v) is 13.7. The molecule has 0 saturated carbocycles. The largest absolute Gasteiger partial charge is 0.454 e. The van der Waals surface area contributed by atoms with Gasteiger partial charge in [-0.15, -0.1) is 0 Å². The molecule has 0 amide bonds. The fourth-order valence-electron chi connectivity index (χ4n) is 3.12. The summed E-state index contributed by atoms with van der Waals surface area (Å²) in [5.74, 6) is 1.71. The molecular weight excluding hydrogens is 304 g/mol. The van der Waals surface area contributed by atoms with E-state index in [4.69, 9.17) is 14.2 Å². The molecule has 0 aromatic heterocycles. The molecule has 2 heterocycles. The Morgan fingerprint density at radius 1 is 0.917 bits per heavy atom. The lowest BCUT2D eigenvalue weighted by Crippen LogP contribution is -2.36. The van der Waals surface area contributed by atoms with E-state index in [2.05, 4.69) is 40.5 Å². The molecule has 0 atom stereocenters. The average Bonchev–Trinajstić information content (AvgIpc) is 3.13. The van der Waals surface area contributed by atoms with Crippen LogP contribution in [0.5, 0.6) is 11.5 Å². The van der Waals surface area contributed by atoms with E-state index in [1.165, 1.54) is 11.3 Å². The van der Waals surface area contributed by atoms with Crippen molar-refractivity contribution in [1.29, 1.82) is 0 Å². The van der Waals surface area contributed by atoms with E-state index in [0.717, 1.165) is 56.5 Å². The van der Waals surface area contributed by atoms with Crippen LogP contribution in [0.1, 0.15) is 11.1 Å². The molecule has 2 aromatic carbocycles.